The van der Waals surface area contributed by atoms with Gasteiger partial charge in [-0.2, -0.15) is 10.4 Å². The first-order valence-corrected chi connectivity index (χ1v) is 3.90. The van der Waals surface area contributed by atoms with E-state index in [1.807, 2.05) is 6.07 Å². The molecular formula is C8H10N6. The van der Waals surface area contributed by atoms with Crippen molar-refractivity contribution in [3.63, 3.8) is 0 Å². The number of nitriles is 1. The van der Waals surface area contributed by atoms with Crippen LogP contribution in [-0.4, -0.2) is 29.5 Å². The van der Waals surface area contributed by atoms with Crippen molar-refractivity contribution in [2.24, 2.45) is 9.98 Å². The Labute approximate surface area is 81.6 Å². The molecule has 1 aromatic heterocycles. The van der Waals surface area contributed by atoms with Gasteiger partial charge >= 0.3 is 0 Å². The summed E-state index contributed by atoms with van der Waals surface area (Å²) in [4.78, 5) is 7.48. The Hall–Kier alpha value is -2.16. The highest BCUT2D eigenvalue weighted by Gasteiger charge is 1.99. The van der Waals surface area contributed by atoms with Gasteiger partial charge in [-0.25, -0.2) is 4.99 Å². The third-order valence-corrected chi connectivity index (χ3v) is 1.48. The molecule has 1 heterocycles. The molecule has 0 radical (unpaired) electrons. The molecule has 72 valence electrons. The lowest BCUT2D eigenvalue weighted by Gasteiger charge is -1.98. The Bertz CT molecular complexity index is 383. The summed E-state index contributed by atoms with van der Waals surface area (Å²) in [7, 11) is 1.61. The third kappa shape index (κ3) is 2.42. The molecule has 0 saturated carbocycles. The van der Waals surface area contributed by atoms with Crippen molar-refractivity contribution in [1.82, 2.24) is 9.78 Å². The zero-order valence-electron chi connectivity index (χ0n) is 7.80. The standard InChI is InChI=1S/C8H10N6/c1-10-8(11-2)13-7-5-12-14(6-7)4-3-9/h5-6H,1,4H2,2H3,(H,11,13). The fourth-order valence-electron chi connectivity index (χ4n) is 0.882. The number of aromatic nitrogens is 2. The first-order valence-electron chi connectivity index (χ1n) is 3.90. The topological polar surface area (TPSA) is 78.4 Å². The van der Waals surface area contributed by atoms with Crippen LogP contribution in [0.4, 0.5) is 5.69 Å². The van der Waals surface area contributed by atoms with Gasteiger partial charge in [0.05, 0.1) is 18.0 Å². The maximum absolute atomic E-state index is 8.42. The van der Waals surface area contributed by atoms with Gasteiger partial charge in [0.2, 0.25) is 5.96 Å². The van der Waals surface area contributed by atoms with Crippen LogP contribution in [0.2, 0.25) is 0 Å². The number of anilines is 1. The normalized spacial score (nSPS) is 10.7. The van der Waals surface area contributed by atoms with E-state index in [0.717, 1.165) is 5.69 Å². The molecule has 6 nitrogen and oxygen atoms in total. The molecule has 1 rings (SSSR count). The lowest BCUT2D eigenvalue weighted by Crippen LogP contribution is -2.07. The summed E-state index contributed by atoms with van der Waals surface area (Å²) in [5.74, 6) is 0.418. The number of nitrogens with one attached hydrogen (secondary N) is 1. The predicted molar refractivity (Wildman–Crippen MR) is 54.4 cm³/mol. The summed E-state index contributed by atoms with van der Waals surface area (Å²) in [5.41, 5.74) is 0.730. The van der Waals surface area contributed by atoms with E-state index in [0.29, 0.717) is 5.96 Å². The van der Waals surface area contributed by atoms with Gasteiger partial charge in [-0.3, -0.25) is 9.67 Å². The van der Waals surface area contributed by atoms with Crippen LogP contribution in [0, 0.1) is 11.3 Å². The second-order valence-corrected chi connectivity index (χ2v) is 2.42. The summed E-state index contributed by atoms with van der Waals surface area (Å²) in [6, 6.07) is 1.99. The van der Waals surface area contributed by atoms with Crippen LogP contribution in [0.15, 0.2) is 22.4 Å². The molecule has 0 aliphatic heterocycles. The zero-order valence-corrected chi connectivity index (χ0v) is 7.80. The molecular weight excluding hydrogens is 180 g/mol. The Kier molecular flexibility index (Phi) is 3.38. The third-order valence-electron chi connectivity index (χ3n) is 1.48. The number of aliphatic imine (C=N–C) groups is 2. The highest BCUT2D eigenvalue weighted by molar-refractivity contribution is 5.96. The SMILES string of the molecule is C=NC(=NC)Nc1cnn(CC#N)c1. The van der Waals surface area contributed by atoms with Gasteiger partial charge in [-0.05, 0) is 6.72 Å². The molecule has 0 aromatic carbocycles. The molecule has 6 heteroatoms. The van der Waals surface area contributed by atoms with Gasteiger partial charge in [-0.15, -0.1) is 0 Å². The Morgan fingerprint density at radius 3 is 3.21 bits per heavy atom. The second-order valence-electron chi connectivity index (χ2n) is 2.42. The molecule has 0 aliphatic carbocycles. The fourth-order valence-corrected chi connectivity index (χ4v) is 0.882. The highest BCUT2D eigenvalue weighted by atomic mass is 15.3. The quantitative estimate of drug-likeness (QED) is 0.545. The number of nitrogens with zero attached hydrogens (tertiary/aromatic N) is 5. The summed E-state index contributed by atoms with van der Waals surface area (Å²) >= 11 is 0. The fraction of sp³-hybridized carbons (Fsp3) is 0.250. The largest absolute Gasteiger partial charge is 0.322 e. The van der Waals surface area contributed by atoms with Crippen LogP contribution >= 0.6 is 0 Å². The van der Waals surface area contributed by atoms with Crippen LogP contribution in [-0.2, 0) is 6.54 Å². The number of guanidine groups is 1. The summed E-state index contributed by atoms with van der Waals surface area (Å²) in [5, 5.41) is 15.2. The van der Waals surface area contributed by atoms with E-state index in [-0.39, 0.29) is 6.54 Å². The molecule has 0 fully saturated rings. The average Bonchev–Trinajstić information content (AvgIpc) is 2.63. The van der Waals surface area contributed by atoms with Crippen LogP contribution in [0.1, 0.15) is 0 Å². The van der Waals surface area contributed by atoms with Crippen LogP contribution < -0.4 is 5.32 Å². The molecule has 0 saturated heterocycles. The molecule has 0 aliphatic rings. The Balaban J connectivity index is 2.69. The number of hydrogen-bond acceptors (Lipinski definition) is 3. The van der Waals surface area contributed by atoms with Crippen molar-refractivity contribution in [2.75, 3.05) is 12.4 Å². The summed E-state index contributed by atoms with van der Waals surface area (Å²) in [6.45, 7) is 3.57. The van der Waals surface area contributed by atoms with E-state index >= 15 is 0 Å². The smallest absolute Gasteiger partial charge is 0.221 e. The molecule has 0 spiro atoms. The van der Waals surface area contributed by atoms with E-state index < -0.39 is 0 Å². The lowest BCUT2D eigenvalue weighted by molar-refractivity contribution is 0.710. The Morgan fingerprint density at radius 1 is 1.86 bits per heavy atom. The zero-order chi connectivity index (χ0) is 10.4. The first kappa shape index (κ1) is 9.92. The van der Waals surface area contributed by atoms with E-state index in [4.69, 9.17) is 5.26 Å². The number of hydrogen-bond donors (Lipinski definition) is 1. The minimum absolute atomic E-state index is 0.224. The van der Waals surface area contributed by atoms with E-state index in [2.05, 4.69) is 27.1 Å². The molecule has 0 amide bonds. The summed E-state index contributed by atoms with van der Waals surface area (Å²) < 4.78 is 1.51. The van der Waals surface area contributed by atoms with Crippen molar-refractivity contribution in [1.29, 1.82) is 5.26 Å². The van der Waals surface area contributed by atoms with E-state index in [9.17, 15) is 0 Å². The molecule has 0 atom stereocenters. The number of rotatable bonds is 2. The molecule has 0 bridgehead atoms. The maximum atomic E-state index is 8.42. The van der Waals surface area contributed by atoms with Crippen molar-refractivity contribution in [2.45, 2.75) is 6.54 Å². The maximum Gasteiger partial charge on any atom is 0.221 e. The first-order chi connectivity index (χ1) is 6.80. The van der Waals surface area contributed by atoms with Crippen LogP contribution in [0.3, 0.4) is 0 Å². The lowest BCUT2D eigenvalue weighted by atomic mass is 10.5. The average molecular weight is 190 g/mol. The Morgan fingerprint density at radius 2 is 2.64 bits per heavy atom. The van der Waals surface area contributed by atoms with Gasteiger partial charge in [0, 0.05) is 13.2 Å². The van der Waals surface area contributed by atoms with E-state index in [1.165, 1.54) is 4.68 Å². The van der Waals surface area contributed by atoms with Gasteiger partial charge in [0.25, 0.3) is 0 Å². The van der Waals surface area contributed by atoms with Gasteiger partial charge in [0.1, 0.15) is 6.54 Å². The van der Waals surface area contributed by atoms with Crippen molar-refractivity contribution < 1.29 is 0 Å². The predicted octanol–water partition coefficient (Wildman–Crippen LogP) is 0.505. The monoisotopic (exact) mass is 190 g/mol. The summed E-state index contributed by atoms with van der Waals surface area (Å²) in [6.07, 6.45) is 3.28. The van der Waals surface area contributed by atoms with Gasteiger partial charge in [0.15, 0.2) is 0 Å². The van der Waals surface area contributed by atoms with Crippen LogP contribution in [0.25, 0.3) is 0 Å². The molecule has 0 unspecified atom stereocenters. The highest BCUT2D eigenvalue weighted by Crippen LogP contribution is 2.04. The van der Waals surface area contributed by atoms with Crippen molar-refractivity contribution in [3.05, 3.63) is 12.4 Å². The molecule has 1 aromatic rings. The molecule has 14 heavy (non-hydrogen) atoms. The second kappa shape index (κ2) is 4.77. The van der Waals surface area contributed by atoms with Crippen molar-refractivity contribution in [3.8, 4) is 6.07 Å². The minimum atomic E-state index is 0.224. The van der Waals surface area contributed by atoms with Gasteiger partial charge < -0.3 is 5.32 Å². The van der Waals surface area contributed by atoms with Gasteiger partial charge in [-0.1, -0.05) is 0 Å². The van der Waals surface area contributed by atoms with E-state index in [1.54, 1.807) is 19.4 Å². The molecule has 1 N–H and O–H groups in total. The minimum Gasteiger partial charge on any atom is -0.322 e. The van der Waals surface area contributed by atoms with Crippen LogP contribution in [0.5, 0.6) is 0 Å². The van der Waals surface area contributed by atoms with Crippen molar-refractivity contribution >= 4 is 18.4 Å².